The van der Waals surface area contributed by atoms with Crippen LogP contribution in [0.5, 0.6) is 0 Å². The summed E-state index contributed by atoms with van der Waals surface area (Å²) in [6, 6.07) is 26.0. The number of pyridine rings is 1. The monoisotopic (exact) mass is 433 g/mol. The van der Waals surface area contributed by atoms with Crippen molar-refractivity contribution in [2.24, 2.45) is 0 Å². The van der Waals surface area contributed by atoms with Gasteiger partial charge in [0, 0.05) is 5.39 Å². The number of aromatic nitrogens is 1. The van der Waals surface area contributed by atoms with Gasteiger partial charge in [0.2, 0.25) is 0 Å². The lowest BCUT2D eigenvalue weighted by molar-refractivity contribution is -0.136. The van der Waals surface area contributed by atoms with E-state index in [0.29, 0.717) is 16.9 Å². The Morgan fingerprint density at radius 2 is 1.35 bits per heavy atom. The second kappa shape index (κ2) is 9.16. The molecule has 0 aliphatic heterocycles. The molecule has 158 valence electrons. The quantitative estimate of drug-likeness (QED) is 0.400. The zero-order valence-electron chi connectivity index (χ0n) is 17.3. The van der Waals surface area contributed by atoms with Crippen LogP contribution in [-0.4, -0.2) is 16.0 Å². The van der Waals surface area contributed by atoms with Crippen molar-refractivity contribution < 1.29 is 9.90 Å². The van der Waals surface area contributed by atoms with E-state index in [0.717, 1.165) is 22.0 Å². The molecule has 0 atom stereocenters. The molecule has 0 aliphatic rings. The summed E-state index contributed by atoms with van der Waals surface area (Å²) in [5.41, 5.74) is 7.48. The molecule has 3 aromatic carbocycles. The molecule has 1 amide bonds. The number of amides is 1. The zero-order chi connectivity index (χ0) is 21.1. The summed E-state index contributed by atoms with van der Waals surface area (Å²) >= 11 is 0. The molecule has 0 fully saturated rings. The minimum Gasteiger partial charge on any atom is -0.372 e. The summed E-state index contributed by atoms with van der Waals surface area (Å²) in [5.74, 6) is -0.109. The number of halogens is 1. The highest BCUT2D eigenvalue weighted by Gasteiger charge is 2.40. The average Bonchev–Trinajstić information content (AvgIpc) is 2.77. The van der Waals surface area contributed by atoms with Crippen LogP contribution in [0.2, 0.25) is 0 Å². The van der Waals surface area contributed by atoms with Gasteiger partial charge in [0.05, 0.1) is 5.52 Å². The molecule has 0 unspecified atom stereocenters. The third-order valence-corrected chi connectivity index (χ3v) is 5.17. The summed E-state index contributed by atoms with van der Waals surface area (Å²) in [4.78, 5) is 17.7. The van der Waals surface area contributed by atoms with Crippen molar-refractivity contribution in [2.45, 2.75) is 19.4 Å². The normalized spacial score (nSPS) is 10.9. The molecule has 4 rings (SSSR count). The van der Waals surface area contributed by atoms with E-state index < -0.39 is 11.5 Å². The number of aliphatic hydroxyl groups is 1. The van der Waals surface area contributed by atoms with Gasteiger partial charge in [0.15, 0.2) is 5.60 Å². The average molecular weight is 434 g/mol. The fourth-order valence-corrected chi connectivity index (χ4v) is 3.37. The second-order valence-corrected chi connectivity index (χ2v) is 7.41. The van der Waals surface area contributed by atoms with Crippen LogP contribution in [0.4, 0.5) is 5.82 Å². The van der Waals surface area contributed by atoms with Crippen molar-refractivity contribution in [1.29, 1.82) is 0 Å². The van der Waals surface area contributed by atoms with E-state index in [1.807, 2.05) is 68.4 Å². The van der Waals surface area contributed by atoms with Crippen molar-refractivity contribution in [3.8, 4) is 0 Å². The van der Waals surface area contributed by atoms with Gasteiger partial charge >= 0.3 is 0 Å². The van der Waals surface area contributed by atoms with Gasteiger partial charge in [0.25, 0.3) is 5.91 Å². The van der Waals surface area contributed by atoms with Crippen molar-refractivity contribution in [3.63, 3.8) is 0 Å². The van der Waals surface area contributed by atoms with Crippen LogP contribution in [0, 0.1) is 13.8 Å². The molecule has 1 aromatic heterocycles. The molecule has 3 N–H and O–H groups in total. The smallest absolute Gasteiger partial charge is 0.279 e. The fourth-order valence-electron chi connectivity index (χ4n) is 3.37. The first-order chi connectivity index (χ1) is 14.5. The molecule has 5 nitrogen and oxygen atoms in total. The third-order valence-electron chi connectivity index (χ3n) is 5.17. The molecule has 4 aromatic rings. The number of anilines is 1. The fraction of sp³-hybridized carbons (Fsp3) is 0.120. The Hall–Kier alpha value is -3.41. The van der Waals surface area contributed by atoms with Crippen LogP contribution in [0.1, 0.15) is 22.3 Å². The lowest BCUT2D eigenvalue weighted by atomic mass is 9.85. The topological polar surface area (TPSA) is 74.2 Å². The van der Waals surface area contributed by atoms with E-state index in [9.17, 15) is 9.90 Å². The van der Waals surface area contributed by atoms with E-state index in [1.165, 1.54) is 0 Å². The predicted octanol–water partition coefficient (Wildman–Crippen LogP) is 4.65. The highest BCUT2D eigenvalue weighted by molar-refractivity contribution is 5.91. The van der Waals surface area contributed by atoms with Crippen molar-refractivity contribution >= 4 is 35.0 Å². The Morgan fingerprint density at radius 1 is 0.806 bits per heavy atom. The maximum absolute atomic E-state index is 13.2. The molecule has 0 spiro atoms. The minimum atomic E-state index is -1.86. The van der Waals surface area contributed by atoms with Gasteiger partial charge in [-0.05, 0) is 43.2 Å². The number of hydrogen-bond donors (Lipinski definition) is 3. The van der Waals surface area contributed by atoms with Crippen molar-refractivity contribution in [1.82, 2.24) is 10.4 Å². The molecule has 0 radical (unpaired) electrons. The summed E-state index contributed by atoms with van der Waals surface area (Å²) in [6.07, 6.45) is 0. The molecular formula is C25H24ClN3O2. The van der Waals surface area contributed by atoms with Crippen LogP contribution in [0.3, 0.4) is 0 Å². The van der Waals surface area contributed by atoms with Crippen LogP contribution in [-0.2, 0) is 10.4 Å². The van der Waals surface area contributed by atoms with E-state index >= 15 is 0 Å². The molecule has 6 heteroatoms. The predicted molar refractivity (Wildman–Crippen MR) is 126 cm³/mol. The first kappa shape index (κ1) is 22.3. The summed E-state index contributed by atoms with van der Waals surface area (Å²) in [5, 5.41) is 12.6. The standard InChI is InChI=1S/C25H23N3O2.ClH/c1-17-7-12-20(13-8-17)25(30,21-14-9-18(2)10-15-21)24(29)28-27-23-16-11-19-5-3-4-6-22(19)26-23;/h3-16,30H,1-2H3,(H,26,27)(H,28,29);1H. The van der Waals surface area contributed by atoms with Gasteiger partial charge in [-0.2, -0.15) is 0 Å². The summed E-state index contributed by atoms with van der Waals surface area (Å²) in [7, 11) is 0. The van der Waals surface area contributed by atoms with E-state index in [-0.39, 0.29) is 12.4 Å². The Bertz CT molecular complexity index is 1150. The molecule has 1 heterocycles. The lowest BCUT2D eigenvalue weighted by Gasteiger charge is -2.28. The lowest BCUT2D eigenvalue weighted by Crippen LogP contribution is -2.47. The van der Waals surface area contributed by atoms with Gasteiger partial charge in [0.1, 0.15) is 5.82 Å². The Kier molecular flexibility index (Phi) is 6.59. The van der Waals surface area contributed by atoms with Gasteiger partial charge < -0.3 is 5.11 Å². The number of aryl methyl sites for hydroxylation is 2. The van der Waals surface area contributed by atoms with Gasteiger partial charge in [-0.15, -0.1) is 12.4 Å². The maximum atomic E-state index is 13.2. The number of hydrazine groups is 1. The highest BCUT2D eigenvalue weighted by atomic mass is 35.5. The van der Waals surface area contributed by atoms with E-state index in [2.05, 4.69) is 15.8 Å². The summed E-state index contributed by atoms with van der Waals surface area (Å²) in [6.45, 7) is 3.92. The molecule has 31 heavy (non-hydrogen) atoms. The van der Waals surface area contributed by atoms with Crippen LogP contribution >= 0.6 is 12.4 Å². The Balaban J connectivity index is 0.00000272. The molecular weight excluding hydrogens is 410 g/mol. The number of fused-ring (bicyclic) bond motifs is 1. The van der Waals surface area contributed by atoms with Crippen LogP contribution < -0.4 is 10.9 Å². The number of carbonyl (C=O) groups is 1. The van der Waals surface area contributed by atoms with E-state index in [4.69, 9.17) is 0 Å². The summed E-state index contributed by atoms with van der Waals surface area (Å²) < 4.78 is 0. The maximum Gasteiger partial charge on any atom is 0.279 e. The van der Waals surface area contributed by atoms with Gasteiger partial charge in [-0.3, -0.25) is 15.6 Å². The second-order valence-electron chi connectivity index (χ2n) is 7.41. The van der Waals surface area contributed by atoms with Crippen molar-refractivity contribution in [3.05, 3.63) is 107 Å². The number of benzene rings is 3. The number of nitrogens with zero attached hydrogens (tertiary/aromatic N) is 1. The number of carbonyl (C=O) groups excluding carboxylic acids is 1. The largest absolute Gasteiger partial charge is 0.372 e. The number of nitrogens with one attached hydrogen (secondary N) is 2. The SMILES string of the molecule is Cc1ccc(C(O)(C(=O)NNc2ccc3ccccc3n2)c2ccc(C)cc2)cc1.Cl. The molecule has 0 saturated heterocycles. The third kappa shape index (κ3) is 4.53. The Morgan fingerprint density at radius 3 is 1.94 bits per heavy atom. The number of hydrogen-bond acceptors (Lipinski definition) is 4. The Labute approximate surface area is 187 Å². The highest BCUT2D eigenvalue weighted by Crippen LogP contribution is 2.30. The zero-order valence-corrected chi connectivity index (χ0v) is 18.1. The van der Waals surface area contributed by atoms with Gasteiger partial charge in [-0.1, -0.05) is 77.9 Å². The first-order valence-corrected chi connectivity index (χ1v) is 9.76. The molecule has 0 bridgehead atoms. The minimum absolute atomic E-state index is 0. The van der Waals surface area contributed by atoms with E-state index in [1.54, 1.807) is 30.3 Å². The van der Waals surface area contributed by atoms with Gasteiger partial charge in [-0.25, -0.2) is 4.98 Å². The number of para-hydroxylation sites is 1. The number of rotatable bonds is 5. The van der Waals surface area contributed by atoms with Crippen LogP contribution in [0.25, 0.3) is 10.9 Å². The van der Waals surface area contributed by atoms with Crippen LogP contribution in [0.15, 0.2) is 84.9 Å². The molecule has 0 saturated carbocycles. The first-order valence-electron chi connectivity index (χ1n) is 9.76. The molecule has 0 aliphatic carbocycles. The van der Waals surface area contributed by atoms with Crippen molar-refractivity contribution in [2.75, 3.05) is 5.43 Å².